The standard InChI is InChI=1S/C20H29N7O5/c28-18-11-26(17(10-24-31)19(29)20(18)30)8-4-2-1-3-7-22-15-6-5-14(9-16(15)25-32)27-13-21-12-23-27/h5-6,9,12-13,17-20,22,28-30H,1-4,7-8,10-11H2/t17-,18+,19-,20-/m1/s1. The fourth-order valence-corrected chi connectivity index (χ4v) is 3.96. The van der Waals surface area contributed by atoms with Gasteiger partial charge in [0, 0.05) is 13.1 Å². The van der Waals surface area contributed by atoms with Crippen LogP contribution in [0.5, 0.6) is 0 Å². The van der Waals surface area contributed by atoms with Gasteiger partial charge in [0.2, 0.25) is 0 Å². The first-order chi connectivity index (χ1) is 15.5. The summed E-state index contributed by atoms with van der Waals surface area (Å²) in [6.45, 7) is 1.34. The Hall–Kier alpha value is -2.80. The minimum Gasteiger partial charge on any atom is -0.389 e. The summed E-state index contributed by atoms with van der Waals surface area (Å²) in [5, 5.41) is 43.0. The molecule has 12 nitrogen and oxygen atoms in total. The zero-order valence-corrected chi connectivity index (χ0v) is 17.7. The van der Waals surface area contributed by atoms with Crippen molar-refractivity contribution in [2.75, 3.05) is 31.5 Å². The highest BCUT2D eigenvalue weighted by molar-refractivity contribution is 5.68. The quantitative estimate of drug-likeness (QED) is 0.276. The van der Waals surface area contributed by atoms with Gasteiger partial charge >= 0.3 is 0 Å². The van der Waals surface area contributed by atoms with E-state index in [2.05, 4.69) is 25.8 Å². The van der Waals surface area contributed by atoms with E-state index in [1.807, 2.05) is 11.0 Å². The topological polar surface area (TPSA) is 166 Å². The summed E-state index contributed by atoms with van der Waals surface area (Å²) in [7, 11) is 0. The van der Waals surface area contributed by atoms with Gasteiger partial charge in [-0.3, -0.25) is 4.90 Å². The molecule has 0 unspecified atom stereocenters. The third-order valence-electron chi connectivity index (χ3n) is 5.74. The number of β-amino-alcohol motifs (C(OH)–C–C–N with tert-alkyl or cyclic N) is 1. The maximum Gasteiger partial charge on any atom is 0.138 e. The molecule has 2 heterocycles. The molecule has 32 heavy (non-hydrogen) atoms. The van der Waals surface area contributed by atoms with Gasteiger partial charge in [0.1, 0.15) is 24.4 Å². The normalized spacial score (nSPS) is 23.7. The van der Waals surface area contributed by atoms with Crippen LogP contribution in [0.2, 0.25) is 0 Å². The van der Waals surface area contributed by atoms with Crippen molar-refractivity contribution in [3.05, 3.63) is 40.7 Å². The Morgan fingerprint density at radius 2 is 1.91 bits per heavy atom. The first-order valence-corrected chi connectivity index (χ1v) is 10.7. The second-order valence-corrected chi connectivity index (χ2v) is 7.90. The van der Waals surface area contributed by atoms with E-state index in [0.717, 1.165) is 25.7 Å². The highest BCUT2D eigenvalue weighted by atomic mass is 16.4. The third kappa shape index (κ3) is 5.91. The Bertz CT molecular complexity index is 866. The molecule has 0 spiro atoms. The molecule has 174 valence electrons. The lowest BCUT2D eigenvalue weighted by atomic mass is 9.93. The molecule has 12 heteroatoms. The molecule has 0 bridgehead atoms. The number of nitrogens with one attached hydrogen (secondary N) is 1. The molecule has 2 aromatic rings. The zero-order valence-electron chi connectivity index (χ0n) is 17.7. The lowest BCUT2D eigenvalue weighted by Crippen LogP contribution is -2.62. The SMILES string of the molecule is O=NC[C@@H]1[C@@H](O)[C@H](O)[C@@H](O)CN1CCCCCCNc1ccc(-n2cncn2)cc1N=O. The van der Waals surface area contributed by atoms with Crippen LogP contribution in [0.15, 0.2) is 41.2 Å². The lowest BCUT2D eigenvalue weighted by Gasteiger charge is -2.42. The fourth-order valence-electron chi connectivity index (χ4n) is 3.96. The van der Waals surface area contributed by atoms with Crippen LogP contribution in [0, 0.1) is 9.81 Å². The molecular formula is C20H29N7O5. The average molecular weight is 447 g/mol. The van der Waals surface area contributed by atoms with Gasteiger partial charge in [-0.15, -0.1) is 4.91 Å². The van der Waals surface area contributed by atoms with Crippen LogP contribution in [-0.2, 0) is 0 Å². The van der Waals surface area contributed by atoms with E-state index in [1.54, 1.807) is 23.1 Å². The van der Waals surface area contributed by atoms with E-state index in [-0.39, 0.29) is 13.1 Å². The summed E-state index contributed by atoms with van der Waals surface area (Å²) in [5.41, 5.74) is 1.66. The average Bonchev–Trinajstić information content (AvgIpc) is 3.34. The Labute approximate surface area is 185 Å². The number of aromatic nitrogens is 3. The van der Waals surface area contributed by atoms with Crippen LogP contribution in [0.25, 0.3) is 5.69 Å². The second kappa shape index (κ2) is 11.7. The molecule has 1 aliphatic heterocycles. The first-order valence-electron chi connectivity index (χ1n) is 10.7. The molecule has 4 N–H and O–H groups in total. The second-order valence-electron chi connectivity index (χ2n) is 7.90. The van der Waals surface area contributed by atoms with Gasteiger partial charge < -0.3 is 20.6 Å². The highest BCUT2D eigenvalue weighted by Crippen LogP contribution is 2.27. The van der Waals surface area contributed by atoms with Gasteiger partial charge in [0.15, 0.2) is 0 Å². The predicted molar refractivity (Wildman–Crippen MR) is 118 cm³/mol. The van der Waals surface area contributed by atoms with Crippen LogP contribution >= 0.6 is 0 Å². The number of likely N-dealkylation sites (tertiary alicyclic amines) is 1. The molecule has 4 atom stereocenters. The Kier molecular flexibility index (Phi) is 8.73. The van der Waals surface area contributed by atoms with Crippen molar-refractivity contribution in [3.63, 3.8) is 0 Å². The van der Waals surface area contributed by atoms with E-state index in [1.165, 1.54) is 6.33 Å². The van der Waals surface area contributed by atoms with Crippen LogP contribution < -0.4 is 5.32 Å². The van der Waals surface area contributed by atoms with Crippen molar-refractivity contribution >= 4 is 11.4 Å². The number of aliphatic hydroxyl groups excluding tert-OH is 3. The van der Waals surface area contributed by atoms with E-state index in [0.29, 0.717) is 30.2 Å². The molecule has 0 saturated carbocycles. The van der Waals surface area contributed by atoms with Gasteiger partial charge in [0.05, 0.1) is 36.2 Å². The Balaban J connectivity index is 1.39. The molecule has 0 radical (unpaired) electrons. The van der Waals surface area contributed by atoms with Crippen molar-refractivity contribution in [2.45, 2.75) is 50.0 Å². The molecule has 1 aliphatic rings. The van der Waals surface area contributed by atoms with Gasteiger partial charge in [-0.1, -0.05) is 18.0 Å². The number of aliphatic hydroxyl groups is 3. The van der Waals surface area contributed by atoms with Gasteiger partial charge in [-0.2, -0.15) is 10.0 Å². The monoisotopic (exact) mass is 447 g/mol. The number of hydrogen-bond acceptors (Lipinski definition) is 11. The predicted octanol–water partition coefficient (Wildman–Crippen LogP) is 1.17. The largest absolute Gasteiger partial charge is 0.389 e. The molecule has 0 amide bonds. The molecular weight excluding hydrogens is 418 g/mol. The smallest absolute Gasteiger partial charge is 0.138 e. The number of hydrogen-bond donors (Lipinski definition) is 4. The summed E-state index contributed by atoms with van der Waals surface area (Å²) in [6.07, 6.45) is 3.00. The van der Waals surface area contributed by atoms with Gasteiger partial charge in [-0.05, 0) is 42.8 Å². The maximum absolute atomic E-state index is 11.2. The fraction of sp³-hybridized carbons (Fsp3) is 0.600. The van der Waals surface area contributed by atoms with Gasteiger partial charge in [0.25, 0.3) is 0 Å². The molecule has 3 rings (SSSR count). The van der Waals surface area contributed by atoms with Crippen molar-refractivity contribution in [1.82, 2.24) is 19.7 Å². The van der Waals surface area contributed by atoms with Crippen molar-refractivity contribution < 1.29 is 15.3 Å². The molecule has 1 fully saturated rings. The lowest BCUT2D eigenvalue weighted by molar-refractivity contribution is -0.134. The van der Waals surface area contributed by atoms with Crippen molar-refractivity contribution in [3.8, 4) is 5.69 Å². The number of nitrogens with zero attached hydrogens (tertiary/aromatic N) is 6. The summed E-state index contributed by atoms with van der Waals surface area (Å²) in [5.74, 6) is 0. The molecule has 1 aromatic carbocycles. The molecule has 1 saturated heterocycles. The number of anilines is 1. The van der Waals surface area contributed by atoms with Crippen LogP contribution in [0.3, 0.4) is 0 Å². The van der Waals surface area contributed by atoms with E-state index < -0.39 is 24.4 Å². The first kappa shape index (κ1) is 23.9. The Morgan fingerprint density at radius 1 is 1.09 bits per heavy atom. The summed E-state index contributed by atoms with van der Waals surface area (Å²) >= 11 is 0. The van der Waals surface area contributed by atoms with E-state index in [4.69, 9.17) is 0 Å². The van der Waals surface area contributed by atoms with Crippen molar-refractivity contribution in [1.29, 1.82) is 0 Å². The van der Waals surface area contributed by atoms with Crippen LogP contribution in [0.1, 0.15) is 25.7 Å². The molecule has 0 aliphatic carbocycles. The minimum atomic E-state index is -1.26. The maximum atomic E-state index is 11.2. The van der Waals surface area contributed by atoms with Crippen LogP contribution in [0.4, 0.5) is 11.4 Å². The highest BCUT2D eigenvalue weighted by Gasteiger charge is 2.41. The number of unbranched alkanes of at least 4 members (excludes halogenated alkanes) is 3. The van der Waals surface area contributed by atoms with Gasteiger partial charge in [-0.25, -0.2) is 9.67 Å². The number of benzene rings is 1. The summed E-state index contributed by atoms with van der Waals surface area (Å²) < 4.78 is 1.55. The third-order valence-corrected chi connectivity index (χ3v) is 5.74. The zero-order chi connectivity index (χ0) is 22.9. The number of nitroso groups, excluding NO2 is 2. The van der Waals surface area contributed by atoms with E-state index in [9.17, 15) is 25.1 Å². The van der Waals surface area contributed by atoms with E-state index >= 15 is 0 Å². The van der Waals surface area contributed by atoms with Crippen LogP contribution in [-0.4, -0.2) is 85.5 Å². The summed E-state index contributed by atoms with van der Waals surface area (Å²) in [4.78, 5) is 27.6. The van der Waals surface area contributed by atoms with Crippen molar-refractivity contribution in [2.24, 2.45) is 10.4 Å². The minimum absolute atomic E-state index is 0.127. The summed E-state index contributed by atoms with van der Waals surface area (Å²) in [6, 6.07) is 4.68. The Morgan fingerprint density at radius 3 is 2.62 bits per heavy atom. The molecule has 1 aromatic heterocycles. The number of piperidine rings is 1. The number of rotatable bonds is 12.